The highest BCUT2D eigenvalue weighted by atomic mass is 16.2. The smallest absolute Gasteiger partial charge is 0.318 e. The van der Waals surface area contributed by atoms with Gasteiger partial charge in [-0.1, -0.05) is 50.6 Å². The number of aromatic nitrogens is 3. The molecule has 0 fully saturated rings. The van der Waals surface area contributed by atoms with Gasteiger partial charge in [0.1, 0.15) is 6.33 Å². The number of para-hydroxylation sites is 1. The highest BCUT2D eigenvalue weighted by Crippen LogP contribution is 2.29. The molecule has 25 heavy (non-hydrogen) atoms. The van der Waals surface area contributed by atoms with Crippen LogP contribution in [0.15, 0.2) is 48.3 Å². The van der Waals surface area contributed by atoms with Crippen LogP contribution in [0.5, 0.6) is 0 Å². The molecule has 6 heteroatoms. The molecule has 0 saturated heterocycles. The first kappa shape index (κ1) is 17.2. The molecule has 0 saturated carbocycles. The van der Waals surface area contributed by atoms with Crippen LogP contribution in [0.1, 0.15) is 33.0 Å². The quantitative estimate of drug-likeness (QED) is 0.874. The Labute approximate surface area is 148 Å². The van der Waals surface area contributed by atoms with Gasteiger partial charge in [0.05, 0.1) is 12.2 Å². The second kappa shape index (κ2) is 7.09. The molecule has 3 rings (SSSR count). The molecule has 1 aromatic carbocycles. The number of urea groups is 1. The number of rotatable bonds is 3. The van der Waals surface area contributed by atoms with Crippen molar-refractivity contribution < 1.29 is 4.79 Å². The van der Waals surface area contributed by atoms with E-state index in [1.54, 1.807) is 4.68 Å². The maximum absolute atomic E-state index is 12.4. The summed E-state index contributed by atoms with van der Waals surface area (Å²) < 4.78 is 1.74. The highest BCUT2D eigenvalue weighted by molar-refractivity contribution is 5.74. The number of carbonyl (C=O) groups excluding carboxylic acids is 1. The molecule has 2 amide bonds. The molecule has 0 spiro atoms. The largest absolute Gasteiger partial charge is 0.331 e. The number of nitrogens with zero attached hydrogens (tertiary/aromatic N) is 4. The topological polar surface area (TPSA) is 63.1 Å². The van der Waals surface area contributed by atoms with E-state index >= 15 is 0 Å². The van der Waals surface area contributed by atoms with Gasteiger partial charge in [0, 0.05) is 13.1 Å². The van der Waals surface area contributed by atoms with Crippen LogP contribution in [-0.4, -0.2) is 38.8 Å². The van der Waals surface area contributed by atoms with Gasteiger partial charge >= 0.3 is 6.03 Å². The fraction of sp³-hybridized carbons (Fsp3) is 0.421. The molecule has 0 atom stereocenters. The monoisotopic (exact) mass is 339 g/mol. The number of hydrogen-bond acceptors (Lipinski definition) is 3. The maximum Gasteiger partial charge on any atom is 0.318 e. The van der Waals surface area contributed by atoms with Crippen molar-refractivity contribution in [2.24, 2.45) is 5.41 Å². The van der Waals surface area contributed by atoms with Crippen molar-refractivity contribution in [1.82, 2.24) is 25.0 Å². The van der Waals surface area contributed by atoms with Gasteiger partial charge in [0.15, 0.2) is 5.82 Å². The molecule has 1 aromatic heterocycles. The standard InChI is InChI=1S/C19H25N5O/c1-19(2,3)15-9-11-23(12-10-15)18(25)20-13-17-21-14-22-24(17)16-7-5-4-6-8-16/h4-9,14H,10-13H2,1-3H3,(H,20,25). The molecular weight excluding hydrogens is 314 g/mol. The molecule has 2 heterocycles. The molecule has 1 aliphatic rings. The molecule has 1 aliphatic heterocycles. The summed E-state index contributed by atoms with van der Waals surface area (Å²) in [7, 11) is 0. The first-order valence-electron chi connectivity index (χ1n) is 8.62. The van der Waals surface area contributed by atoms with Gasteiger partial charge in [-0.2, -0.15) is 5.10 Å². The lowest BCUT2D eigenvalue weighted by molar-refractivity contribution is 0.199. The molecule has 2 aromatic rings. The Kier molecular flexibility index (Phi) is 4.88. The summed E-state index contributed by atoms with van der Waals surface area (Å²) in [5, 5.41) is 7.20. The Morgan fingerprint density at radius 2 is 2.00 bits per heavy atom. The van der Waals surface area contributed by atoms with Gasteiger partial charge in [-0.3, -0.25) is 0 Å². The lowest BCUT2D eigenvalue weighted by atomic mass is 9.83. The lowest BCUT2D eigenvalue weighted by Crippen LogP contribution is -2.43. The van der Waals surface area contributed by atoms with Crippen molar-refractivity contribution in [2.75, 3.05) is 13.1 Å². The predicted molar refractivity (Wildman–Crippen MR) is 97.3 cm³/mol. The fourth-order valence-electron chi connectivity index (χ4n) is 2.97. The molecule has 0 aliphatic carbocycles. The Hall–Kier alpha value is -2.63. The van der Waals surface area contributed by atoms with Crippen LogP contribution >= 0.6 is 0 Å². The van der Waals surface area contributed by atoms with Crippen LogP contribution in [0.25, 0.3) is 5.69 Å². The van der Waals surface area contributed by atoms with Gasteiger partial charge in [0.2, 0.25) is 0 Å². The number of benzene rings is 1. The maximum atomic E-state index is 12.4. The first-order chi connectivity index (χ1) is 11.9. The third-order valence-corrected chi connectivity index (χ3v) is 4.48. The molecule has 0 unspecified atom stereocenters. The van der Waals surface area contributed by atoms with Crippen molar-refractivity contribution in [3.05, 3.63) is 54.1 Å². The molecular formula is C19H25N5O. The van der Waals surface area contributed by atoms with Gasteiger partial charge in [-0.15, -0.1) is 0 Å². The van der Waals surface area contributed by atoms with Crippen LogP contribution in [0, 0.1) is 5.41 Å². The average Bonchev–Trinajstić information content (AvgIpc) is 3.08. The summed E-state index contributed by atoms with van der Waals surface area (Å²) >= 11 is 0. The van der Waals surface area contributed by atoms with Gasteiger partial charge < -0.3 is 10.2 Å². The van der Waals surface area contributed by atoms with Crippen LogP contribution < -0.4 is 5.32 Å². The summed E-state index contributed by atoms with van der Waals surface area (Å²) in [5.41, 5.74) is 2.52. The number of carbonyl (C=O) groups is 1. The Morgan fingerprint density at radius 1 is 1.24 bits per heavy atom. The van der Waals surface area contributed by atoms with E-state index in [0.717, 1.165) is 18.7 Å². The van der Waals surface area contributed by atoms with E-state index in [4.69, 9.17) is 0 Å². The summed E-state index contributed by atoms with van der Waals surface area (Å²) in [6.45, 7) is 8.39. The van der Waals surface area contributed by atoms with E-state index < -0.39 is 0 Å². The summed E-state index contributed by atoms with van der Waals surface area (Å²) in [6.07, 6.45) is 4.61. The van der Waals surface area contributed by atoms with Crippen LogP contribution in [0.3, 0.4) is 0 Å². The minimum atomic E-state index is -0.0631. The van der Waals surface area contributed by atoms with E-state index in [0.29, 0.717) is 18.9 Å². The number of amides is 2. The number of hydrogen-bond donors (Lipinski definition) is 1. The van der Waals surface area contributed by atoms with Crippen molar-refractivity contribution in [3.8, 4) is 5.69 Å². The fourth-order valence-corrected chi connectivity index (χ4v) is 2.97. The lowest BCUT2D eigenvalue weighted by Gasteiger charge is -2.32. The van der Waals surface area contributed by atoms with E-state index in [1.807, 2.05) is 35.2 Å². The number of nitrogens with one attached hydrogen (secondary N) is 1. The van der Waals surface area contributed by atoms with Crippen LogP contribution in [0.4, 0.5) is 4.79 Å². The Bertz CT molecular complexity index is 758. The van der Waals surface area contributed by atoms with Crippen molar-refractivity contribution in [2.45, 2.75) is 33.7 Å². The molecule has 132 valence electrons. The van der Waals surface area contributed by atoms with E-state index in [1.165, 1.54) is 11.9 Å². The van der Waals surface area contributed by atoms with E-state index in [-0.39, 0.29) is 11.4 Å². The van der Waals surface area contributed by atoms with E-state index in [2.05, 4.69) is 42.2 Å². The zero-order valence-electron chi connectivity index (χ0n) is 15.1. The third-order valence-electron chi connectivity index (χ3n) is 4.48. The van der Waals surface area contributed by atoms with Crippen molar-refractivity contribution >= 4 is 6.03 Å². The summed E-state index contributed by atoms with van der Waals surface area (Å²) in [4.78, 5) is 18.5. The van der Waals surface area contributed by atoms with Crippen LogP contribution in [0.2, 0.25) is 0 Å². The Morgan fingerprint density at radius 3 is 2.64 bits per heavy atom. The third kappa shape index (κ3) is 4.07. The van der Waals surface area contributed by atoms with Gasteiger partial charge in [-0.25, -0.2) is 14.5 Å². The predicted octanol–water partition coefficient (Wildman–Crippen LogP) is 3.16. The summed E-state index contributed by atoms with van der Waals surface area (Å²) in [5.74, 6) is 0.711. The van der Waals surface area contributed by atoms with Crippen molar-refractivity contribution in [3.63, 3.8) is 0 Å². The molecule has 6 nitrogen and oxygen atoms in total. The molecule has 1 N–H and O–H groups in total. The van der Waals surface area contributed by atoms with Crippen molar-refractivity contribution in [1.29, 1.82) is 0 Å². The summed E-state index contributed by atoms with van der Waals surface area (Å²) in [6, 6.07) is 9.72. The van der Waals surface area contributed by atoms with Gasteiger partial charge in [-0.05, 0) is 24.0 Å². The SMILES string of the molecule is CC(C)(C)C1=CCN(C(=O)NCc2ncnn2-c2ccccc2)CC1. The minimum Gasteiger partial charge on any atom is -0.331 e. The molecule has 0 bridgehead atoms. The molecule has 0 radical (unpaired) electrons. The van der Waals surface area contributed by atoms with E-state index in [9.17, 15) is 4.79 Å². The second-order valence-corrected chi connectivity index (χ2v) is 7.26. The van der Waals surface area contributed by atoms with Gasteiger partial charge in [0.25, 0.3) is 0 Å². The second-order valence-electron chi connectivity index (χ2n) is 7.26. The highest BCUT2D eigenvalue weighted by Gasteiger charge is 2.23. The average molecular weight is 339 g/mol. The minimum absolute atomic E-state index is 0.0631. The zero-order valence-corrected chi connectivity index (χ0v) is 15.1. The Balaban J connectivity index is 1.60. The zero-order chi connectivity index (χ0) is 17.9. The normalized spacial score (nSPS) is 15.0. The first-order valence-corrected chi connectivity index (χ1v) is 8.62. The van der Waals surface area contributed by atoms with Crippen LogP contribution in [-0.2, 0) is 6.54 Å².